The van der Waals surface area contributed by atoms with Crippen molar-refractivity contribution in [3.05, 3.63) is 23.4 Å². The minimum Gasteiger partial charge on any atom is -0.117 e. The van der Waals surface area contributed by atoms with Gasteiger partial charge >= 0.3 is 0 Å². The highest BCUT2D eigenvalue weighted by Gasteiger charge is 1.87. The molecule has 1 aliphatic carbocycles. The van der Waals surface area contributed by atoms with E-state index in [0.29, 0.717) is 9.13 Å². The van der Waals surface area contributed by atoms with Crippen LogP contribution in [0.5, 0.6) is 0 Å². The van der Waals surface area contributed by atoms with Crippen LogP contribution in [0.15, 0.2) is 23.4 Å². The molecule has 0 aromatic carbocycles. The smallest absolute Gasteiger partial charge is 0.0213 e. The van der Waals surface area contributed by atoms with Gasteiger partial charge in [0.05, 0.1) is 0 Å². The summed E-state index contributed by atoms with van der Waals surface area (Å²) in [5.74, 6) is 0. The van der Waals surface area contributed by atoms with Crippen LogP contribution in [0.4, 0.5) is 0 Å². The van der Waals surface area contributed by atoms with Gasteiger partial charge in [-0.05, 0) is 6.42 Å². The molecule has 0 aromatic heterocycles. The predicted octanol–water partition coefficient (Wildman–Crippen LogP) is 0.699. The van der Waals surface area contributed by atoms with Gasteiger partial charge in [0.15, 0.2) is 0 Å². The van der Waals surface area contributed by atoms with Gasteiger partial charge in [-0.15, -0.1) is 6.17 Å². The topological polar surface area (TPSA) is 0 Å². The van der Waals surface area contributed by atoms with Crippen molar-refractivity contribution in [2.45, 2.75) is 6.42 Å². The second-order valence-corrected chi connectivity index (χ2v) is 2.62. The Kier molecular flexibility index (Phi) is 1.37. The average Bonchev–Trinajstić information content (AvgIpc) is 2.14. The van der Waals surface area contributed by atoms with Crippen molar-refractivity contribution in [2.75, 3.05) is 0 Å². The largest absolute Gasteiger partial charge is 0.117 e. The van der Waals surface area contributed by atoms with Gasteiger partial charge in [0, 0.05) is 9.13 Å². The van der Waals surface area contributed by atoms with Crippen LogP contribution in [0.1, 0.15) is 6.42 Å². The molecule has 36 valence electrons. The van der Waals surface area contributed by atoms with Gasteiger partial charge < -0.3 is 0 Å². The van der Waals surface area contributed by atoms with Crippen molar-refractivity contribution < 1.29 is 0 Å². The quantitative estimate of drug-likeness (QED) is 0.434. The molecule has 0 saturated carbocycles. The van der Waals surface area contributed by atoms with Crippen molar-refractivity contribution in [1.82, 2.24) is 0 Å². The fraction of sp³-hybridized carbons (Fsp3) is 0.167. The highest BCUT2D eigenvalue weighted by molar-refractivity contribution is 6.50. The minimum atomic E-state index is 0.325. The maximum absolute atomic E-state index is 3.83. The lowest BCUT2D eigenvalue weighted by molar-refractivity contribution is 1.45. The Balaban J connectivity index is 2.69. The van der Waals surface area contributed by atoms with Crippen LogP contribution in [0, 0.1) is 0 Å². The van der Waals surface area contributed by atoms with Gasteiger partial charge in [0.1, 0.15) is 0 Å². The monoisotopic (exact) mass is 108 g/mol. The molecule has 0 atom stereocenters. The van der Waals surface area contributed by atoms with Crippen LogP contribution in [-0.4, -0.2) is 15.3 Å². The molecular formula is C6H8Si. The highest BCUT2D eigenvalue weighted by atomic mass is 28.2. The standard InChI is InChI=1S/C6H8Si/c1-7-6-4-2-3-5-6/h2,4-5,7H,1,3H2. The molecule has 0 N–H and O–H groups in total. The lowest BCUT2D eigenvalue weighted by Gasteiger charge is -1.76. The highest BCUT2D eigenvalue weighted by Crippen LogP contribution is 2.03. The van der Waals surface area contributed by atoms with Gasteiger partial charge in [-0.3, -0.25) is 0 Å². The fourth-order valence-electron chi connectivity index (χ4n) is 0.628. The Morgan fingerprint density at radius 1 is 1.71 bits per heavy atom. The van der Waals surface area contributed by atoms with Crippen molar-refractivity contribution in [1.29, 1.82) is 0 Å². The van der Waals surface area contributed by atoms with E-state index in [1.807, 2.05) is 0 Å². The number of hydrogen-bond donors (Lipinski definition) is 0. The van der Waals surface area contributed by atoms with Crippen LogP contribution >= 0.6 is 0 Å². The summed E-state index contributed by atoms with van der Waals surface area (Å²) in [6.45, 7) is 0. The third kappa shape index (κ3) is 0.965. The third-order valence-corrected chi connectivity index (χ3v) is 1.94. The van der Waals surface area contributed by atoms with Gasteiger partial charge in [0.25, 0.3) is 0 Å². The zero-order valence-corrected chi connectivity index (χ0v) is 5.38. The first-order valence-electron chi connectivity index (χ1n) is 2.42. The summed E-state index contributed by atoms with van der Waals surface area (Å²) in [6.07, 6.45) is 11.5. The van der Waals surface area contributed by atoms with E-state index in [1.165, 1.54) is 5.20 Å². The average molecular weight is 108 g/mol. The summed E-state index contributed by atoms with van der Waals surface area (Å²) in [6, 6.07) is 0. The summed E-state index contributed by atoms with van der Waals surface area (Å²) >= 11 is 0. The van der Waals surface area contributed by atoms with E-state index >= 15 is 0 Å². The molecule has 0 nitrogen and oxygen atoms in total. The summed E-state index contributed by atoms with van der Waals surface area (Å²) in [4.78, 5) is 0. The first kappa shape index (κ1) is 4.72. The number of hydrogen-bond acceptors (Lipinski definition) is 0. The van der Waals surface area contributed by atoms with E-state index in [-0.39, 0.29) is 0 Å². The predicted molar refractivity (Wildman–Crippen MR) is 36.1 cm³/mol. The van der Waals surface area contributed by atoms with E-state index < -0.39 is 0 Å². The summed E-state index contributed by atoms with van der Waals surface area (Å²) < 4.78 is 0. The number of allylic oxidation sites excluding steroid dienone is 4. The van der Waals surface area contributed by atoms with E-state index in [2.05, 4.69) is 24.4 Å². The summed E-state index contributed by atoms with van der Waals surface area (Å²) in [5, 5.41) is 1.46. The third-order valence-electron chi connectivity index (χ3n) is 1.04. The Morgan fingerprint density at radius 3 is 2.86 bits per heavy atom. The molecule has 0 amide bonds. The Morgan fingerprint density at radius 2 is 2.57 bits per heavy atom. The first-order valence-corrected chi connectivity index (χ1v) is 3.82. The van der Waals surface area contributed by atoms with Gasteiger partial charge in [-0.1, -0.05) is 23.4 Å². The van der Waals surface area contributed by atoms with Crippen molar-refractivity contribution in [2.24, 2.45) is 0 Å². The zero-order valence-electron chi connectivity index (χ0n) is 4.22. The molecule has 0 radical (unpaired) electrons. The van der Waals surface area contributed by atoms with Crippen LogP contribution in [0.2, 0.25) is 0 Å². The van der Waals surface area contributed by atoms with E-state index in [4.69, 9.17) is 0 Å². The van der Waals surface area contributed by atoms with Crippen LogP contribution in [-0.2, 0) is 0 Å². The van der Waals surface area contributed by atoms with Gasteiger partial charge in [0.2, 0.25) is 0 Å². The van der Waals surface area contributed by atoms with Crippen molar-refractivity contribution in [3.63, 3.8) is 0 Å². The summed E-state index contributed by atoms with van der Waals surface area (Å²) in [7, 11) is 0.325. The summed E-state index contributed by atoms with van der Waals surface area (Å²) in [5.41, 5.74) is 0. The lowest BCUT2D eigenvalue weighted by Crippen LogP contribution is -1.74. The molecule has 0 heterocycles. The lowest BCUT2D eigenvalue weighted by atomic mass is 10.5. The van der Waals surface area contributed by atoms with Crippen molar-refractivity contribution in [3.8, 4) is 0 Å². The van der Waals surface area contributed by atoms with Crippen molar-refractivity contribution >= 4 is 15.3 Å². The Hall–Kier alpha value is -0.433. The van der Waals surface area contributed by atoms with E-state index in [1.54, 1.807) is 0 Å². The normalized spacial score (nSPS) is 16.9. The first-order chi connectivity index (χ1) is 3.43. The zero-order chi connectivity index (χ0) is 5.11. The van der Waals surface area contributed by atoms with E-state index in [0.717, 1.165) is 6.42 Å². The van der Waals surface area contributed by atoms with Gasteiger partial charge in [-0.2, -0.15) is 0 Å². The molecule has 1 heteroatoms. The molecule has 0 saturated heterocycles. The van der Waals surface area contributed by atoms with E-state index in [9.17, 15) is 0 Å². The fourth-order valence-corrected chi connectivity index (χ4v) is 1.20. The second-order valence-electron chi connectivity index (χ2n) is 1.55. The molecule has 0 bridgehead atoms. The van der Waals surface area contributed by atoms with Crippen LogP contribution in [0.25, 0.3) is 0 Å². The molecule has 7 heavy (non-hydrogen) atoms. The maximum Gasteiger partial charge on any atom is 0.0213 e. The molecule has 1 aliphatic rings. The molecule has 0 fully saturated rings. The SMILES string of the molecule is C=[SiH]C1=CCC=C1. The Bertz CT molecular complexity index is 131. The maximum atomic E-state index is 3.83. The molecule has 1 rings (SSSR count). The molecule has 0 unspecified atom stereocenters. The Labute approximate surface area is 46.0 Å². The molecule has 0 aromatic rings. The van der Waals surface area contributed by atoms with Crippen LogP contribution < -0.4 is 0 Å². The minimum absolute atomic E-state index is 0.325. The van der Waals surface area contributed by atoms with Crippen LogP contribution in [0.3, 0.4) is 0 Å². The molecule has 0 aliphatic heterocycles. The second kappa shape index (κ2) is 2.03. The van der Waals surface area contributed by atoms with Gasteiger partial charge in [-0.25, -0.2) is 0 Å². The molecule has 0 spiro atoms. The molecular weight excluding hydrogens is 100 g/mol. The number of rotatable bonds is 1.